The molecule has 0 atom stereocenters. The van der Waals surface area contributed by atoms with Crippen LogP contribution in [0.2, 0.25) is 10.0 Å². The third-order valence-electron chi connectivity index (χ3n) is 2.36. The molecule has 0 aliphatic heterocycles. The van der Waals surface area contributed by atoms with Gasteiger partial charge < -0.3 is 11.1 Å². The molecule has 0 amide bonds. The number of nitrogen functional groups attached to an aromatic ring is 1. The highest BCUT2D eigenvalue weighted by Gasteiger charge is 2.06. The van der Waals surface area contributed by atoms with Gasteiger partial charge in [-0.3, -0.25) is 0 Å². The van der Waals surface area contributed by atoms with Crippen LogP contribution in [-0.2, 0) is 0 Å². The van der Waals surface area contributed by atoms with Gasteiger partial charge in [0.25, 0.3) is 0 Å². The minimum absolute atomic E-state index is 0.450. The molecule has 90 valence electrons. The van der Waals surface area contributed by atoms with Gasteiger partial charge in [-0.25, -0.2) is 0 Å². The highest BCUT2D eigenvalue weighted by atomic mass is 35.5. The molecular formula is C13H9Cl2N3. The molecule has 0 fully saturated rings. The van der Waals surface area contributed by atoms with Crippen molar-refractivity contribution < 1.29 is 0 Å². The molecule has 2 rings (SSSR count). The summed E-state index contributed by atoms with van der Waals surface area (Å²) >= 11 is 11.9. The second kappa shape index (κ2) is 5.18. The Bertz CT molecular complexity index is 633. The molecule has 0 radical (unpaired) electrons. The molecule has 0 unspecified atom stereocenters. The first-order chi connectivity index (χ1) is 8.60. The van der Waals surface area contributed by atoms with E-state index in [1.807, 2.05) is 0 Å². The van der Waals surface area contributed by atoms with E-state index in [9.17, 15) is 0 Å². The Hall–Kier alpha value is -1.89. The molecule has 2 aromatic carbocycles. The van der Waals surface area contributed by atoms with Gasteiger partial charge in [-0.15, -0.1) is 0 Å². The zero-order valence-electron chi connectivity index (χ0n) is 9.24. The number of anilines is 3. The van der Waals surface area contributed by atoms with E-state index in [2.05, 4.69) is 11.4 Å². The monoisotopic (exact) mass is 277 g/mol. The van der Waals surface area contributed by atoms with Crippen LogP contribution >= 0.6 is 23.2 Å². The summed E-state index contributed by atoms with van der Waals surface area (Å²) in [5, 5.41) is 13.2. The number of benzene rings is 2. The summed E-state index contributed by atoms with van der Waals surface area (Å²) in [7, 11) is 0. The van der Waals surface area contributed by atoms with E-state index in [1.165, 1.54) is 0 Å². The maximum atomic E-state index is 9.04. The number of nitrogens with one attached hydrogen (secondary N) is 1. The lowest BCUT2D eigenvalue weighted by Gasteiger charge is -2.10. The van der Waals surface area contributed by atoms with Crippen LogP contribution < -0.4 is 11.1 Å². The van der Waals surface area contributed by atoms with Crippen LogP contribution in [0.5, 0.6) is 0 Å². The maximum Gasteiger partial charge on any atom is 0.101 e. The first kappa shape index (κ1) is 12.6. The fourth-order valence-corrected chi connectivity index (χ4v) is 1.84. The molecule has 0 spiro atoms. The number of nitrogens with zero attached hydrogens (tertiary/aromatic N) is 1. The molecule has 2 aromatic rings. The van der Waals surface area contributed by atoms with Crippen LogP contribution in [-0.4, -0.2) is 0 Å². The van der Waals surface area contributed by atoms with E-state index in [1.54, 1.807) is 36.4 Å². The fraction of sp³-hybridized carbons (Fsp3) is 0. The summed E-state index contributed by atoms with van der Waals surface area (Å²) in [6, 6.07) is 12.2. The Labute approximate surface area is 115 Å². The topological polar surface area (TPSA) is 61.8 Å². The molecule has 0 aliphatic rings. The summed E-state index contributed by atoms with van der Waals surface area (Å²) in [5.41, 5.74) is 7.89. The Morgan fingerprint density at radius 1 is 1.06 bits per heavy atom. The average molecular weight is 278 g/mol. The second-order valence-electron chi connectivity index (χ2n) is 3.67. The normalized spacial score (nSPS) is 9.83. The van der Waals surface area contributed by atoms with Crippen LogP contribution in [0.25, 0.3) is 0 Å². The highest BCUT2D eigenvalue weighted by Crippen LogP contribution is 2.30. The first-order valence-electron chi connectivity index (χ1n) is 5.12. The number of nitriles is 1. The molecule has 0 heterocycles. The third-order valence-corrected chi connectivity index (χ3v) is 2.93. The minimum atomic E-state index is 0.450. The predicted molar refractivity (Wildman–Crippen MR) is 75.3 cm³/mol. The van der Waals surface area contributed by atoms with Crippen LogP contribution in [0, 0.1) is 11.3 Å². The van der Waals surface area contributed by atoms with Gasteiger partial charge in [-0.05, 0) is 36.4 Å². The van der Waals surface area contributed by atoms with Gasteiger partial charge in [0, 0.05) is 10.7 Å². The van der Waals surface area contributed by atoms with Crippen molar-refractivity contribution in [3.05, 3.63) is 52.0 Å². The van der Waals surface area contributed by atoms with Crippen LogP contribution in [0.4, 0.5) is 17.1 Å². The van der Waals surface area contributed by atoms with Crippen molar-refractivity contribution in [1.82, 2.24) is 0 Å². The molecule has 0 saturated heterocycles. The van der Waals surface area contributed by atoms with Gasteiger partial charge in [-0.1, -0.05) is 23.2 Å². The standard InChI is InChI=1S/C13H9Cl2N3/c14-9-1-3-11(15)13(6-9)18-12-4-2-10(17)5-8(12)7-16/h1-6,18H,17H2. The van der Waals surface area contributed by atoms with Crippen LogP contribution in [0.1, 0.15) is 5.56 Å². The Kier molecular flexibility index (Phi) is 3.61. The first-order valence-corrected chi connectivity index (χ1v) is 5.87. The highest BCUT2D eigenvalue weighted by molar-refractivity contribution is 6.35. The van der Waals surface area contributed by atoms with Crippen molar-refractivity contribution in [2.24, 2.45) is 0 Å². The average Bonchev–Trinajstić information content (AvgIpc) is 2.36. The van der Waals surface area contributed by atoms with Gasteiger partial charge in [0.15, 0.2) is 0 Å². The molecule has 0 aliphatic carbocycles. The minimum Gasteiger partial charge on any atom is -0.399 e. The number of rotatable bonds is 2. The van der Waals surface area contributed by atoms with Crippen molar-refractivity contribution in [2.45, 2.75) is 0 Å². The molecule has 5 heteroatoms. The van der Waals surface area contributed by atoms with Crippen LogP contribution in [0.3, 0.4) is 0 Å². The third kappa shape index (κ3) is 2.67. The molecule has 0 aromatic heterocycles. The van der Waals surface area contributed by atoms with Gasteiger partial charge in [0.2, 0.25) is 0 Å². The number of halogens is 2. The summed E-state index contributed by atoms with van der Waals surface area (Å²) in [4.78, 5) is 0. The second-order valence-corrected chi connectivity index (χ2v) is 4.51. The van der Waals surface area contributed by atoms with E-state index < -0.39 is 0 Å². The van der Waals surface area contributed by atoms with Crippen LogP contribution in [0.15, 0.2) is 36.4 Å². The Balaban J connectivity index is 2.40. The quantitative estimate of drug-likeness (QED) is 0.809. The molecule has 3 N–H and O–H groups in total. The number of nitrogens with two attached hydrogens (primary N) is 1. The molecule has 3 nitrogen and oxygen atoms in total. The van der Waals surface area contributed by atoms with Gasteiger partial charge in [0.1, 0.15) is 6.07 Å². The smallest absolute Gasteiger partial charge is 0.101 e. The largest absolute Gasteiger partial charge is 0.399 e. The van der Waals surface area contributed by atoms with E-state index >= 15 is 0 Å². The zero-order chi connectivity index (χ0) is 13.1. The van der Waals surface area contributed by atoms with Crippen molar-refractivity contribution >= 4 is 40.3 Å². The van der Waals surface area contributed by atoms with Gasteiger partial charge >= 0.3 is 0 Å². The lowest BCUT2D eigenvalue weighted by Crippen LogP contribution is -1.96. The summed E-state index contributed by atoms with van der Waals surface area (Å²) in [5.74, 6) is 0. The van der Waals surface area contributed by atoms with E-state index in [-0.39, 0.29) is 0 Å². The van der Waals surface area contributed by atoms with Gasteiger partial charge in [-0.2, -0.15) is 5.26 Å². The lowest BCUT2D eigenvalue weighted by molar-refractivity contribution is 1.46. The summed E-state index contributed by atoms with van der Waals surface area (Å²) < 4.78 is 0. The Morgan fingerprint density at radius 3 is 2.56 bits per heavy atom. The van der Waals surface area contributed by atoms with Gasteiger partial charge in [0.05, 0.1) is 22.0 Å². The van der Waals surface area contributed by atoms with Crippen molar-refractivity contribution in [1.29, 1.82) is 5.26 Å². The fourth-order valence-electron chi connectivity index (χ4n) is 1.50. The van der Waals surface area contributed by atoms with E-state index in [0.717, 1.165) is 0 Å². The zero-order valence-corrected chi connectivity index (χ0v) is 10.8. The summed E-state index contributed by atoms with van der Waals surface area (Å²) in [6.07, 6.45) is 0. The van der Waals surface area contributed by atoms with Crippen molar-refractivity contribution in [2.75, 3.05) is 11.1 Å². The van der Waals surface area contributed by atoms with Crippen molar-refractivity contribution in [3.8, 4) is 6.07 Å². The maximum absolute atomic E-state index is 9.04. The molecule has 0 saturated carbocycles. The summed E-state index contributed by atoms with van der Waals surface area (Å²) in [6.45, 7) is 0. The molecule has 0 bridgehead atoms. The SMILES string of the molecule is N#Cc1cc(N)ccc1Nc1cc(Cl)ccc1Cl. The number of hydrogen-bond donors (Lipinski definition) is 2. The molecule has 18 heavy (non-hydrogen) atoms. The van der Waals surface area contributed by atoms with E-state index in [0.29, 0.717) is 32.7 Å². The Morgan fingerprint density at radius 2 is 1.83 bits per heavy atom. The van der Waals surface area contributed by atoms with E-state index in [4.69, 9.17) is 34.2 Å². The number of hydrogen-bond acceptors (Lipinski definition) is 3. The predicted octanol–water partition coefficient (Wildman–Crippen LogP) is 4.19. The molecular weight excluding hydrogens is 269 g/mol. The van der Waals surface area contributed by atoms with Crippen molar-refractivity contribution in [3.63, 3.8) is 0 Å². The lowest BCUT2D eigenvalue weighted by atomic mass is 10.1.